The minimum Gasteiger partial charge on any atom is -0.505 e. The molecule has 1 aromatic rings. The van der Waals surface area contributed by atoms with Crippen LogP contribution >= 0.6 is 46.4 Å². The Hall–Kier alpha value is 0.0500. The molecule has 3 N–H and O–H groups in total. The molecule has 1 aromatic carbocycles. The maximum absolute atomic E-state index is 9.10. The number of halogens is 4. The summed E-state index contributed by atoms with van der Waals surface area (Å²) in [6.07, 6.45) is 0. The number of aromatic hydroxyl groups is 1. The lowest BCUT2D eigenvalue weighted by atomic mass is 10.3. The average Bonchev–Trinajstić information content (AvgIpc) is 2.09. The van der Waals surface area contributed by atoms with Gasteiger partial charge in [0.1, 0.15) is 5.02 Å². The molecule has 0 fully saturated rings. The second kappa shape index (κ2) is 6.11. The summed E-state index contributed by atoms with van der Waals surface area (Å²) in [5.41, 5.74) is 0. The Morgan fingerprint density at radius 2 is 1.31 bits per heavy atom. The zero-order valence-corrected chi connectivity index (χ0v) is 11.0. The van der Waals surface area contributed by atoms with Crippen molar-refractivity contribution in [3.63, 3.8) is 0 Å². The first-order valence-corrected chi connectivity index (χ1v) is 6.16. The standard InChI is InChI=1S/C6H2Cl4O.H2O4S/c7-2-1-3(8)6(11)5(10)4(2)9;1-5(2,3)4/h1,11H;(H2,1,2,3,4). The highest BCUT2D eigenvalue weighted by Gasteiger charge is 2.11. The number of hydrogen-bond donors (Lipinski definition) is 3. The van der Waals surface area contributed by atoms with Crippen molar-refractivity contribution < 1.29 is 22.6 Å². The number of rotatable bonds is 0. The first kappa shape index (κ1) is 16.1. The lowest BCUT2D eigenvalue weighted by molar-refractivity contribution is 0.381. The van der Waals surface area contributed by atoms with Crippen molar-refractivity contribution in [1.29, 1.82) is 0 Å². The zero-order valence-electron chi connectivity index (χ0n) is 7.16. The Balaban J connectivity index is 0.000000385. The van der Waals surface area contributed by atoms with Gasteiger partial charge in [-0.25, -0.2) is 0 Å². The summed E-state index contributed by atoms with van der Waals surface area (Å²) in [6, 6.07) is 1.33. The normalized spacial score (nSPS) is 10.6. The third kappa shape index (κ3) is 5.95. The van der Waals surface area contributed by atoms with Gasteiger partial charge < -0.3 is 5.11 Å². The maximum atomic E-state index is 9.10. The van der Waals surface area contributed by atoms with Crippen LogP contribution in [0.4, 0.5) is 0 Å². The number of benzene rings is 1. The monoisotopic (exact) mass is 328 g/mol. The van der Waals surface area contributed by atoms with Crippen LogP contribution in [0.25, 0.3) is 0 Å². The van der Waals surface area contributed by atoms with E-state index in [1.165, 1.54) is 6.07 Å². The molecule has 0 amide bonds. The molecule has 92 valence electrons. The summed E-state index contributed by atoms with van der Waals surface area (Å²) in [5, 5.41) is 9.50. The van der Waals surface area contributed by atoms with Crippen molar-refractivity contribution in [1.82, 2.24) is 0 Å². The van der Waals surface area contributed by atoms with Gasteiger partial charge in [-0.3, -0.25) is 9.11 Å². The van der Waals surface area contributed by atoms with Crippen LogP contribution in [0.5, 0.6) is 5.75 Å². The van der Waals surface area contributed by atoms with E-state index in [1.807, 2.05) is 0 Å². The number of phenolic OH excluding ortho intramolecular Hbond substituents is 1. The average molecular weight is 330 g/mol. The molecule has 5 nitrogen and oxygen atoms in total. The van der Waals surface area contributed by atoms with Crippen molar-refractivity contribution in [3.8, 4) is 5.75 Å². The van der Waals surface area contributed by atoms with Gasteiger partial charge >= 0.3 is 10.4 Å². The fraction of sp³-hybridized carbons (Fsp3) is 0. The summed E-state index contributed by atoms with van der Waals surface area (Å²) in [5.74, 6) is -0.247. The first-order valence-electron chi connectivity index (χ1n) is 3.26. The topological polar surface area (TPSA) is 94.8 Å². The Kier molecular flexibility index (Phi) is 6.13. The van der Waals surface area contributed by atoms with E-state index in [2.05, 4.69) is 0 Å². The van der Waals surface area contributed by atoms with E-state index in [4.69, 9.17) is 69.0 Å². The second-order valence-corrected chi connectivity index (χ2v) is 4.73. The van der Waals surface area contributed by atoms with Crippen LogP contribution in [0.1, 0.15) is 0 Å². The third-order valence-electron chi connectivity index (χ3n) is 1.09. The summed E-state index contributed by atoms with van der Waals surface area (Å²) in [6.45, 7) is 0. The summed E-state index contributed by atoms with van der Waals surface area (Å²) in [7, 11) is -4.67. The molecule has 0 saturated heterocycles. The minimum atomic E-state index is -4.67. The highest BCUT2D eigenvalue weighted by atomic mass is 35.5. The van der Waals surface area contributed by atoms with E-state index in [9.17, 15) is 0 Å². The Morgan fingerprint density at radius 1 is 0.938 bits per heavy atom. The molecular formula is C6H4Cl4O5S. The highest BCUT2D eigenvalue weighted by Crippen LogP contribution is 2.41. The summed E-state index contributed by atoms with van der Waals surface area (Å²) >= 11 is 22.2. The van der Waals surface area contributed by atoms with Crippen LogP contribution in [0.3, 0.4) is 0 Å². The third-order valence-corrected chi connectivity index (χ3v) is 2.63. The van der Waals surface area contributed by atoms with Crippen LogP contribution in [0.15, 0.2) is 6.07 Å². The molecular weight excluding hydrogens is 326 g/mol. The maximum Gasteiger partial charge on any atom is 0.394 e. The van der Waals surface area contributed by atoms with Crippen molar-refractivity contribution >= 4 is 56.8 Å². The fourth-order valence-corrected chi connectivity index (χ4v) is 1.46. The smallest absolute Gasteiger partial charge is 0.394 e. The molecule has 0 aliphatic rings. The molecule has 0 radical (unpaired) electrons. The molecule has 0 aliphatic heterocycles. The molecule has 0 atom stereocenters. The number of phenols is 1. The van der Waals surface area contributed by atoms with Crippen molar-refractivity contribution in [3.05, 3.63) is 26.2 Å². The van der Waals surface area contributed by atoms with E-state index < -0.39 is 10.4 Å². The van der Waals surface area contributed by atoms with Crippen molar-refractivity contribution in [2.75, 3.05) is 0 Å². The second-order valence-electron chi connectivity index (χ2n) is 2.26. The fourth-order valence-electron chi connectivity index (χ4n) is 0.557. The van der Waals surface area contributed by atoms with E-state index in [-0.39, 0.29) is 25.8 Å². The van der Waals surface area contributed by atoms with Gasteiger partial charge in [0.15, 0.2) is 5.75 Å². The lowest BCUT2D eigenvalue weighted by Crippen LogP contribution is -1.89. The molecule has 0 heterocycles. The van der Waals surface area contributed by atoms with Crippen LogP contribution in [0.2, 0.25) is 20.1 Å². The molecule has 1 rings (SSSR count). The lowest BCUT2D eigenvalue weighted by Gasteiger charge is -2.02. The SMILES string of the molecule is O=S(=O)(O)O.Oc1c(Cl)cc(Cl)c(Cl)c1Cl. The molecule has 0 aliphatic carbocycles. The minimum absolute atomic E-state index is 0.0239. The predicted molar refractivity (Wildman–Crippen MR) is 62.3 cm³/mol. The van der Waals surface area contributed by atoms with Crippen LogP contribution in [-0.4, -0.2) is 22.6 Å². The number of hydrogen-bond acceptors (Lipinski definition) is 3. The molecule has 0 spiro atoms. The summed E-state index contributed by atoms with van der Waals surface area (Å²) in [4.78, 5) is 0. The van der Waals surface area contributed by atoms with Gasteiger partial charge in [-0.2, -0.15) is 8.42 Å². The molecule has 10 heteroatoms. The molecule has 0 saturated carbocycles. The first-order chi connectivity index (χ1) is 7.04. The van der Waals surface area contributed by atoms with Gasteiger partial charge in [0.25, 0.3) is 0 Å². The molecule has 0 unspecified atom stereocenters. The van der Waals surface area contributed by atoms with Crippen molar-refractivity contribution in [2.45, 2.75) is 0 Å². The van der Waals surface area contributed by atoms with Gasteiger partial charge in [0.2, 0.25) is 0 Å². The Labute approximate surface area is 111 Å². The largest absolute Gasteiger partial charge is 0.505 e. The van der Waals surface area contributed by atoms with Crippen LogP contribution < -0.4 is 0 Å². The Bertz CT molecular complexity index is 452. The van der Waals surface area contributed by atoms with Gasteiger partial charge in [0, 0.05) is 0 Å². The van der Waals surface area contributed by atoms with Gasteiger partial charge in [-0.15, -0.1) is 0 Å². The zero-order chi connectivity index (χ0) is 13.1. The highest BCUT2D eigenvalue weighted by molar-refractivity contribution is 7.79. The molecule has 0 aromatic heterocycles. The summed E-state index contributed by atoms with van der Waals surface area (Å²) < 4.78 is 31.6. The molecule has 0 bridgehead atoms. The van der Waals surface area contributed by atoms with Gasteiger partial charge in [0.05, 0.1) is 15.1 Å². The van der Waals surface area contributed by atoms with E-state index in [0.717, 1.165) is 0 Å². The van der Waals surface area contributed by atoms with Crippen molar-refractivity contribution in [2.24, 2.45) is 0 Å². The Morgan fingerprint density at radius 3 is 1.69 bits per heavy atom. The molecule has 16 heavy (non-hydrogen) atoms. The van der Waals surface area contributed by atoms with Crippen LogP contribution in [-0.2, 0) is 10.4 Å². The van der Waals surface area contributed by atoms with Gasteiger partial charge in [-0.05, 0) is 6.07 Å². The van der Waals surface area contributed by atoms with E-state index in [1.54, 1.807) is 0 Å². The van der Waals surface area contributed by atoms with E-state index in [0.29, 0.717) is 0 Å². The quantitative estimate of drug-likeness (QED) is 0.385. The van der Waals surface area contributed by atoms with E-state index >= 15 is 0 Å². The predicted octanol–water partition coefficient (Wildman–Crippen LogP) is 3.35. The van der Waals surface area contributed by atoms with Gasteiger partial charge in [-0.1, -0.05) is 46.4 Å². The van der Waals surface area contributed by atoms with Crippen LogP contribution in [0, 0.1) is 0 Å².